The molecule has 12 heteroatoms. The fourth-order valence-corrected chi connectivity index (χ4v) is 5.95. The molecule has 0 fully saturated rings. The van der Waals surface area contributed by atoms with Gasteiger partial charge in [0.2, 0.25) is 11.8 Å². The normalized spacial score (nSPS) is 12.5. The highest BCUT2D eigenvalue weighted by Crippen LogP contribution is 2.25. The number of aromatic nitrogens is 2. The van der Waals surface area contributed by atoms with Crippen LogP contribution in [0.1, 0.15) is 44.9 Å². The maximum Gasteiger partial charge on any atom is 0.272 e. The number of rotatable bonds is 14. The molecule has 1 unspecified atom stereocenters. The molecule has 3 atom stereocenters. The smallest absolute Gasteiger partial charge is 0.272 e. The third kappa shape index (κ3) is 9.09. The van der Waals surface area contributed by atoms with Gasteiger partial charge < -0.3 is 29.9 Å². The summed E-state index contributed by atoms with van der Waals surface area (Å²) in [6, 6.07) is 32.2. The van der Waals surface area contributed by atoms with Crippen molar-refractivity contribution >= 4 is 35.0 Å². The Kier molecular flexibility index (Phi) is 12.3. The Hall–Kier alpha value is -6.43. The lowest BCUT2D eigenvalue weighted by molar-refractivity contribution is -0.121. The molecule has 4 aromatic carbocycles. The molecule has 0 aliphatic rings. The molecule has 274 valence electrons. The zero-order chi connectivity index (χ0) is 38.1. The molecule has 0 saturated carbocycles. The molecule has 12 nitrogen and oxygen atoms in total. The minimum atomic E-state index is -0.981. The lowest BCUT2D eigenvalue weighted by atomic mass is 9.92. The van der Waals surface area contributed by atoms with Crippen molar-refractivity contribution in [1.29, 1.82) is 0 Å². The van der Waals surface area contributed by atoms with E-state index in [2.05, 4.69) is 15.7 Å². The molecule has 0 aliphatic heterocycles. The van der Waals surface area contributed by atoms with Gasteiger partial charge in [-0.3, -0.25) is 23.9 Å². The molecule has 0 radical (unpaired) electrons. The van der Waals surface area contributed by atoms with Gasteiger partial charge in [0.25, 0.3) is 11.8 Å². The molecule has 5 aromatic rings. The Morgan fingerprint density at radius 2 is 1.21 bits per heavy atom. The number of carbonyl (C=O) groups is 4. The Morgan fingerprint density at radius 1 is 0.698 bits per heavy atom. The summed E-state index contributed by atoms with van der Waals surface area (Å²) >= 11 is 0. The third-order valence-corrected chi connectivity index (χ3v) is 9.19. The molecule has 4 amide bonds. The Labute approximate surface area is 309 Å². The van der Waals surface area contributed by atoms with Crippen LogP contribution in [0.3, 0.4) is 0 Å². The van der Waals surface area contributed by atoms with E-state index in [9.17, 15) is 19.2 Å². The quantitative estimate of drug-likeness (QED) is 0.165. The number of methoxy groups -OCH3 is 2. The van der Waals surface area contributed by atoms with Gasteiger partial charge >= 0.3 is 0 Å². The number of amides is 4. The van der Waals surface area contributed by atoms with Crippen molar-refractivity contribution in [1.82, 2.24) is 20.4 Å². The maximum absolute atomic E-state index is 14.1. The van der Waals surface area contributed by atoms with Gasteiger partial charge in [0, 0.05) is 50.9 Å². The summed E-state index contributed by atoms with van der Waals surface area (Å²) < 4.78 is 11.8. The molecule has 53 heavy (non-hydrogen) atoms. The van der Waals surface area contributed by atoms with E-state index in [0.29, 0.717) is 22.9 Å². The van der Waals surface area contributed by atoms with Crippen molar-refractivity contribution in [3.63, 3.8) is 0 Å². The molecule has 5 rings (SSSR count). The van der Waals surface area contributed by atoms with E-state index in [1.165, 1.54) is 27.6 Å². The number of carbonyl (C=O) groups excluding carboxylic acids is 4. The minimum Gasteiger partial charge on any atom is -0.497 e. The van der Waals surface area contributed by atoms with Crippen molar-refractivity contribution < 1.29 is 28.7 Å². The zero-order valence-corrected chi connectivity index (χ0v) is 30.6. The van der Waals surface area contributed by atoms with Gasteiger partial charge in [0.05, 0.1) is 14.2 Å². The van der Waals surface area contributed by atoms with Crippen LogP contribution in [0.5, 0.6) is 11.5 Å². The average Bonchev–Trinajstić information content (AvgIpc) is 3.60. The van der Waals surface area contributed by atoms with Crippen molar-refractivity contribution in [3.8, 4) is 11.5 Å². The molecule has 0 aliphatic carbocycles. The van der Waals surface area contributed by atoms with Crippen LogP contribution < -0.4 is 29.9 Å². The SMILES string of the molecule is COc1ccc(N(C)C(=O)C(NC(=O)c2cc(C(=O)N[C@@H](Cc3ccccc3)C(=O)N(C)c3ccc(OC)cc3)nn2C)[C@H](C)c2ccccc2)cc1. The second-order valence-electron chi connectivity index (χ2n) is 12.6. The zero-order valence-electron chi connectivity index (χ0n) is 30.6. The summed E-state index contributed by atoms with van der Waals surface area (Å²) in [4.78, 5) is 58.5. The second kappa shape index (κ2) is 17.2. The number of hydrogen-bond donors (Lipinski definition) is 2. The van der Waals surface area contributed by atoms with E-state index in [0.717, 1.165) is 11.1 Å². The first-order valence-corrected chi connectivity index (χ1v) is 17.1. The second-order valence-corrected chi connectivity index (χ2v) is 12.6. The lowest BCUT2D eigenvalue weighted by Crippen LogP contribution is -2.50. The number of nitrogens with zero attached hydrogens (tertiary/aromatic N) is 4. The fraction of sp³-hybridized carbons (Fsp3) is 0.244. The predicted molar refractivity (Wildman–Crippen MR) is 204 cm³/mol. The number of likely N-dealkylation sites (N-methyl/N-ethyl adjacent to an activating group) is 2. The molecule has 0 saturated heterocycles. The van der Waals surface area contributed by atoms with Crippen molar-refractivity contribution in [2.45, 2.75) is 31.3 Å². The van der Waals surface area contributed by atoms with E-state index in [-0.39, 0.29) is 29.6 Å². The highest BCUT2D eigenvalue weighted by molar-refractivity contribution is 6.04. The van der Waals surface area contributed by atoms with Gasteiger partial charge in [-0.2, -0.15) is 5.10 Å². The predicted octanol–water partition coefficient (Wildman–Crippen LogP) is 5.01. The van der Waals surface area contributed by atoms with Gasteiger partial charge in [-0.15, -0.1) is 0 Å². The summed E-state index contributed by atoms with van der Waals surface area (Å²) in [5, 5.41) is 10.1. The summed E-state index contributed by atoms with van der Waals surface area (Å²) in [5.41, 5.74) is 2.93. The van der Waals surface area contributed by atoms with Gasteiger partial charge in [0.15, 0.2) is 5.69 Å². The third-order valence-electron chi connectivity index (χ3n) is 9.19. The highest BCUT2D eigenvalue weighted by Gasteiger charge is 2.33. The van der Waals surface area contributed by atoms with Gasteiger partial charge in [-0.1, -0.05) is 67.6 Å². The van der Waals surface area contributed by atoms with Crippen molar-refractivity contribution in [3.05, 3.63) is 138 Å². The summed E-state index contributed by atoms with van der Waals surface area (Å²) in [6.45, 7) is 1.87. The van der Waals surface area contributed by atoms with E-state index >= 15 is 0 Å². The van der Waals surface area contributed by atoms with Gasteiger partial charge in [-0.05, 0) is 59.7 Å². The van der Waals surface area contributed by atoms with Crippen LogP contribution in [0.15, 0.2) is 115 Å². The fourth-order valence-electron chi connectivity index (χ4n) is 5.95. The highest BCUT2D eigenvalue weighted by atomic mass is 16.5. The van der Waals surface area contributed by atoms with Crippen LogP contribution in [0.25, 0.3) is 0 Å². The number of benzene rings is 4. The van der Waals surface area contributed by atoms with E-state index in [1.54, 1.807) is 76.8 Å². The standard InChI is InChI=1S/C41H44N6O6/c1-27(29-15-11-8-12-16-29)37(41(51)46(3)31-19-23-33(53-6)24-20-31)43-39(49)36-26-34(44-47(36)4)38(48)42-35(25-28-13-9-7-10-14-28)40(50)45(2)30-17-21-32(52-5)22-18-30/h7-24,26-27,35,37H,25H2,1-6H3,(H,42,48)(H,43,49)/t27-,35+,37?/m1/s1. The first kappa shape index (κ1) is 37.8. The molecular formula is C41H44N6O6. The molecule has 2 N–H and O–H groups in total. The Balaban J connectivity index is 1.37. The molecule has 1 aromatic heterocycles. The van der Waals surface area contributed by atoms with E-state index in [1.807, 2.05) is 67.6 Å². The van der Waals surface area contributed by atoms with Crippen LogP contribution >= 0.6 is 0 Å². The average molecular weight is 717 g/mol. The van der Waals surface area contributed by atoms with E-state index in [4.69, 9.17) is 9.47 Å². The monoisotopic (exact) mass is 716 g/mol. The van der Waals surface area contributed by atoms with Crippen LogP contribution in [0.4, 0.5) is 11.4 Å². The Morgan fingerprint density at radius 3 is 1.74 bits per heavy atom. The molecule has 0 bridgehead atoms. The summed E-state index contributed by atoms with van der Waals surface area (Å²) in [7, 11) is 7.95. The Bertz CT molecular complexity index is 2020. The van der Waals surface area contributed by atoms with E-state index < -0.39 is 29.8 Å². The summed E-state index contributed by atoms with van der Waals surface area (Å²) in [6.07, 6.45) is 0.217. The van der Waals surface area contributed by atoms with Crippen molar-refractivity contribution in [2.24, 2.45) is 7.05 Å². The largest absolute Gasteiger partial charge is 0.497 e. The molecule has 1 heterocycles. The van der Waals surface area contributed by atoms with Gasteiger partial charge in [0.1, 0.15) is 29.3 Å². The topological polar surface area (TPSA) is 135 Å². The number of nitrogens with one attached hydrogen (secondary N) is 2. The number of hydrogen-bond acceptors (Lipinski definition) is 7. The first-order chi connectivity index (χ1) is 25.5. The van der Waals surface area contributed by atoms with Crippen LogP contribution in [-0.4, -0.2) is 73.8 Å². The number of aryl methyl sites for hydroxylation is 1. The lowest BCUT2D eigenvalue weighted by Gasteiger charge is -2.29. The van der Waals surface area contributed by atoms with Crippen LogP contribution in [0, 0.1) is 0 Å². The van der Waals surface area contributed by atoms with Crippen molar-refractivity contribution in [2.75, 3.05) is 38.1 Å². The number of anilines is 2. The van der Waals surface area contributed by atoms with Crippen LogP contribution in [-0.2, 0) is 23.1 Å². The molecule has 0 spiro atoms. The summed E-state index contributed by atoms with van der Waals surface area (Å²) in [5.74, 6) is -1.05. The first-order valence-electron chi connectivity index (χ1n) is 17.1. The maximum atomic E-state index is 14.1. The van der Waals surface area contributed by atoms with Gasteiger partial charge in [-0.25, -0.2) is 0 Å². The molecular weight excluding hydrogens is 672 g/mol. The minimum absolute atomic E-state index is 0.0570. The number of ether oxygens (including phenoxy) is 2. The van der Waals surface area contributed by atoms with Crippen LogP contribution in [0.2, 0.25) is 0 Å².